The number of aliphatic imine (C=N–C) groups is 1. The molecule has 130 valence electrons. The van der Waals surface area contributed by atoms with E-state index in [2.05, 4.69) is 44.9 Å². The predicted molar refractivity (Wildman–Crippen MR) is 95.2 cm³/mol. The fraction of sp³-hybridized carbons (Fsp3) is 0.471. The van der Waals surface area contributed by atoms with Gasteiger partial charge in [0.1, 0.15) is 18.4 Å². The van der Waals surface area contributed by atoms with Gasteiger partial charge in [-0.3, -0.25) is 4.99 Å². The molecule has 24 heavy (non-hydrogen) atoms. The van der Waals surface area contributed by atoms with Crippen molar-refractivity contribution in [1.29, 1.82) is 0 Å². The smallest absolute Gasteiger partial charge is 0.191 e. The zero-order valence-corrected chi connectivity index (χ0v) is 14.6. The Hall–Kier alpha value is -2.57. The minimum atomic E-state index is 0.670. The Bertz CT molecular complexity index is 639. The van der Waals surface area contributed by atoms with Crippen LogP contribution in [0.4, 0.5) is 0 Å². The molecule has 2 aromatic rings. The number of nitrogens with zero attached hydrogens (tertiary/aromatic N) is 4. The van der Waals surface area contributed by atoms with E-state index in [9.17, 15) is 0 Å². The summed E-state index contributed by atoms with van der Waals surface area (Å²) in [4.78, 5) is 4.25. The molecule has 1 heterocycles. The molecule has 0 bridgehead atoms. The Kier molecular flexibility index (Phi) is 7.07. The number of hydrogen-bond donors (Lipinski definition) is 2. The number of hydrogen-bond acceptors (Lipinski definition) is 4. The summed E-state index contributed by atoms with van der Waals surface area (Å²) >= 11 is 0. The third kappa shape index (κ3) is 5.57. The highest BCUT2D eigenvalue weighted by molar-refractivity contribution is 5.79. The summed E-state index contributed by atoms with van der Waals surface area (Å²) in [5, 5.41) is 14.2. The summed E-state index contributed by atoms with van der Waals surface area (Å²) in [6.07, 6.45) is 5.59. The Labute approximate surface area is 143 Å². The number of ether oxygens (including phenoxy) is 1. The van der Waals surface area contributed by atoms with E-state index >= 15 is 0 Å². The minimum Gasteiger partial charge on any atom is -0.496 e. The summed E-state index contributed by atoms with van der Waals surface area (Å²) in [6.45, 7) is 4.53. The van der Waals surface area contributed by atoms with Gasteiger partial charge in [0.15, 0.2) is 5.96 Å². The molecule has 0 spiro atoms. The van der Waals surface area contributed by atoms with Gasteiger partial charge < -0.3 is 19.9 Å². The molecule has 0 radical (unpaired) electrons. The van der Waals surface area contributed by atoms with Crippen molar-refractivity contribution in [2.45, 2.75) is 32.9 Å². The number of aryl methyl sites for hydroxylation is 2. The average Bonchev–Trinajstić information content (AvgIpc) is 3.11. The molecule has 2 N–H and O–H groups in total. The third-order valence-corrected chi connectivity index (χ3v) is 3.71. The van der Waals surface area contributed by atoms with Gasteiger partial charge in [0.2, 0.25) is 0 Å². The van der Waals surface area contributed by atoms with E-state index in [0.717, 1.165) is 43.2 Å². The van der Waals surface area contributed by atoms with Gasteiger partial charge in [-0.15, -0.1) is 10.2 Å². The first-order chi connectivity index (χ1) is 11.7. The predicted octanol–water partition coefficient (Wildman–Crippen LogP) is 1.74. The van der Waals surface area contributed by atoms with Gasteiger partial charge in [0.25, 0.3) is 0 Å². The van der Waals surface area contributed by atoms with Crippen LogP contribution in [0.1, 0.15) is 24.0 Å². The third-order valence-electron chi connectivity index (χ3n) is 3.71. The standard InChI is InChI=1S/C17H26N6O/c1-14-6-7-15(16(10-14)24-3)11-20-17(18-2)19-8-4-5-9-23-12-21-22-13-23/h6-7,10,12-13H,4-5,8-9,11H2,1-3H3,(H2,18,19,20). The molecule has 0 atom stereocenters. The van der Waals surface area contributed by atoms with Crippen molar-refractivity contribution in [3.63, 3.8) is 0 Å². The number of unbranched alkanes of at least 4 members (excludes halogenated alkanes) is 1. The normalized spacial score (nSPS) is 11.4. The minimum absolute atomic E-state index is 0.670. The van der Waals surface area contributed by atoms with Gasteiger partial charge in [-0.25, -0.2) is 0 Å². The van der Waals surface area contributed by atoms with E-state index in [-0.39, 0.29) is 0 Å². The van der Waals surface area contributed by atoms with Crippen LogP contribution in [0.2, 0.25) is 0 Å². The van der Waals surface area contributed by atoms with Crippen LogP contribution in [0.3, 0.4) is 0 Å². The lowest BCUT2D eigenvalue weighted by atomic mass is 10.1. The van der Waals surface area contributed by atoms with Crippen molar-refractivity contribution in [3.05, 3.63) is 42.0 Å². The highest BCUT2D eigenvalue weighted by atomic mass is 16.5. The van der Waals surface area contributed by atoms with Crippen LogP contribution in [0.5, 0.6) is 5.75 Å². The first kappa shape index (κ1) is 17.8. The van der Waals surface area contributed by atoms with Gasteiger partial charge in [-0.1, -0.05) is 12.1 Å². The first-order valence-corrected chi connectivity index (χ1v) is 8.13. The molecule has 7 heteroatoms. The Morgan fingerprint density at radius 3 is 2.71 bits per heavy atom. The number of benzene rings is 1. The van der Waals surface area contributed by atoms with Crippen molar-refractivity contribution in [3.8, 4) is 5.75 Å². The summed E-state index contributed by atoms with van der Waals surface area (Å²) < 4.78 is 7.41. The van der Waals surface area contributed by atoms with Gasteiger partial charge in [-0.05, 0) is 31.4 Å². The van der Waals surface area contributed by atoms with Crippen molar-refractivity contribution >= 4 is 5.96 Å². The zero-order chi connectivity index (χ0) is 17.2. The second-order valence-corrected chi connectivity index (χ2v) is 5.57. The molecule has 0 saturated heterocycles. The largest absolute Gasteiger partial charge is 0.496 e. The van der Waals surface area contributed by atoms with E-state index in [1.54, 1.807) is 26.8 Å². The highest BCUT2D eigenvalue weighted by Crippen LogP contribution is 2.19. The summed E-state index contributed by atoms with van der Waals surface area (Å²) in [7, 11) is 3.47. The monoisotopic (exact) mass is 330 g/mol. The van der Waals surface area contributed by atoms with Gasteiger partial charge >= 0.3 is 0 Å². The second kappa shape index (κ2) is 9.54. The van der Waals surface area contributed by atoms with Crippen LogP contribution in [0.15, 0.2) is 35.8 Å². The molecular weight excluding hydrogens is 304 g/mol. The molecule has 1 aromatic heterocycles. The number of rotatable bonds is 8. The molecular formula is C17H26N6O. The lowest BCUT2D eigenvalue weighted by Crippen LogP contribution is -2.37. The summed E-state index contributed by atoms with van der Waals surface area (Å²) in [5.74, 6) is 1.69. The molecule has 0 fully saturated rings. The zero-order valence-electron chi connectivity index (χ0n) is 14.6. The molecule has 0 aliphatic carbocycles. The van der Waals surface area contributed by atoms with Crippen LogP contribution in [0.25, 0.3) is 0 Å². The Morgan fingerprint density at radius 1 is 1.21 bits per heavy atom. The molecule has 2 rings (SSSR count). The van der Waals surface area contributed by atoms with Crippen LogP contribution in [0, 0.1) is 6.92 Å². The number of methoxy groups -OCH3 is 1. The topological polar surface area (TPSA) is 76.4 Å². The first-order valence-electron chi connectivity index (χ1n) is 8.13. The summed E-state index contributed by atoms with van der Waals surface area (Å²) in [6, 6.07) is 6.20. The quantitative estimate of drug-likeness (QED) is 0.438. The molecule has 7 nitrogen and oxygen atoms in total. The molecule has 1 aromatic carbocycles. The summed E-state index contributed by atoms with van der Waals surface area (Å²) in [5.41, 5.74) is 2.30. The van der Waals surface area contributed by atoms with E-state index in [0.29, 0.717) is 6.54 Å². The average molecular weight is 330 g/mol. The van der Waals surface area contributed by atoms with Gasteiger partial charge in [0.05, 0.1) is 7.11 Å². The maximum absolute atomic E-state index is 5.43. The number of aromatic nitrogens is 3. The van der Waals surface area contributed by atoms with Crippen molar-refractivity contribution in [1.82, 2.24) is 25.4 Å². The second-order valence-electron chi connectivity index (χ2n) is 5.57. The SMILES string of the molecule is CN=C(NCCCCn1cnnc1)NCc1ccc(C)cc1OC. The fourth-order valence-corrected chi connectivity index (χ4v) is 2.36. The van der Waals surface area contributed by atoms with E-state index in [1.807, 2.05) is 10.6 Å². The van der Waals surface area contributed by atoms with E-state index in [1.165, 1.54) is 5.56 Å². The van der Waals surface area contributed by atoms with Crippen molar-refractivity contribution in [2.75, 3.05) is 20.7 Å². The van der Waals surface area contributed by atoms with Crippen LogP contribution in [-0.2, 0) is 13.1 Å². The number of nitrogens with one attached hydrogen (secondary N) is 2. The van der Waals surface area contributed by atoms with Crippen LogP contribution in [-0.4, -0.2) is 41.4 Å². The molecule has 0 aliphatic heterocycles. The van der Waals surface area contributed by atoms with Crippen LogP contribution >= 0.6 is 0 Å². The van der Waals surface area contributed by atoms with Crippen molar-refractivity contribution in [2.24, 2.45) is 4.99 Å². The maximum Gasteiger partial charge on any atom is 0.191 e. The Morgan fingerprint density at radius 2 is 2.00 bits per heavy atom. The molecule has 0 unspecified atom stereocenters. The Balaban J connectivity index is 1.70. The fourth-order valence-electron chi connectivity index (χ4n) is 2.36. The molecule has 0 amide bonds. The highest BCUT2D eigenvalue weighted by Gasteiger charge is 2.04. The lowest BCUT2D eigenvalue weighted by molar-refractivity contribution is 0.408. The molecule has 0 saturated carbocycles. The van der Waals surface area contributed by atoms with Crippen LogP contribution < -0.4 is 15.4 Å². The van der Waals surface area contributed by atoms with E-state index < -0.39 is 0 Å². The van der Waals surface area contributed by atoms with E-state index in [4.69, 9.17) is 4.74 Å². The number of guanidine groups is 1. The lowest BCUT2D eigenvalue weighted by Gasteiger charge is -2.14. The molecule has 0 aliphatic rings. The van der Waals surface area contributed by atoms with Gasteiger partial charge in [-0.2, -0.15) is 0 Å². The van der Waals surface area contributed by atoms with Gasteiger partial charge in [0, 0.05) is 32.2 Å². The van der Waals surface area contributed by atoms with Crippen molar-refractivity contribution < 1.29 is 4.74 Å². The maximum atomic E-state index is 5.43.